The van der Waals surface area contributed by atoms with Crippen LogP contribution in [0.4, 0.5) is 5.69 Å². The molecule has 2 heterocycles. The molecule has 0 spiro atoms. The van der Waals surface area contributed by atoms with E-state index in [4.69, 9.17) is 4.74 Å². The highest BCUT2D eigenvalue weighted by molar-refractivity contribution is 5.91. The third kappa shape index (κ3) is 2.54. The lowest BCUT2D eigenvalue weighted by molar-refractivity contribution is -0.116. The van der Waals surface area contributed by atoms with Crippen LogP contribution in [0.25, 0.3) is 11.3 Å². The van der Waals surface area contributed by atoms with Crippen LogP contribution in [-0.2, 0) is 17.9 Å². The fourth-order valence-electron chi connectivity index (χ4n) is 2.94. The van der Waals surface area contributed by atoms with Crippen LogP contribution in [0.1, 0.15) is 11.1 Å². The first kappa shape index (κ1) is 14.5. The molecule has 0 bridgehead atoms. The van der Waals surface area contributed by atoms with Gasteiger partial charge in [-0.1, -0.05) is 30.3 Å². The van der Waals surface area contributed by atoms with Crippen LogP contribution in [0.15, 0.2) is 54.7 Å². The van der Waals surface area contributed by atoms with Gasteiger partial charge < -0.3 is 10.1 Å². The summed E-state index contributed by atoms with van der Waals surface area (Å²) in [6, 6.07) is 15.6. The topological polar surface area (TPSA) is 56.2 Å². The molecule has 0 saturated heterocycles. The van der Waals surface area contributed by atoms with Crippen molar-refractivity contribution < 1.29 is 9.53 Å². The van der Waals surface area contributed by atoms with Gasteiger partial charge in [0.2, 0.25) is 5.91 Å². The Morgan fingerprint density at radius 3 is 2.88 bits per heavy atom. The lowest BCUT2D eigenvalue weighted by Crippen LogP contribution is -2.21. The predicted molar refractivity (Wildman–Crippen MR) is 91.8 cm³/mol. The third-order valence-electron chi connectivity index (χ3n) is 4.15. The van der Waals surface area contributed by atoms with Crippen molar-refractivity contribution >= 4 is 11.6 Å². The van der Waals surface area contributed by atoms with Gasteiger partial charge in [-0.2, -0.15) is 5.10 Å². The maximum absolute atomic E-state index is 12.4. The number of aryl methyl sites for hydroxylation is 1. The van der Waals surface area contributed by atoms with Gasteiger partial charge in [-0.25, -0.2) is 0 Å². The zero-order valence-corrected chi connectivity index (χ0v) is 13.3. The van der Waals surface area contributed by atoms with Crippen molar-refractivity contribution in [2.75, 3.05) is 5.32 Å². The van der Waals surface area contributed by atoms with Crippen LogP contribution >= 0.6 is 0 Å². The third-order valence-corrected chi connectivity index (χ3v) is 4.15. The van der Waals surface area contributed by atoms with E-state index < -0.39 is 0 Å². The molecule has 0 radical (unpaired) electrons. The number of rotatable bonds is 3. The summed E-state index contributed by atoms with van der Waals surface area (Å²) in [6.07, 6.45) is 1.77. The van der Waals surface area contributed by atoms with E-state index in [1.54, 1.807) is 10.9 Å². The largest absolute Gasteiger partial charge is 0.488 e. The molecule has 24 heavy (non-hydrogen) atoms. The molecule has 1 amide bonds. The molecule has 0 atom stereocenters. The average molecular weight is 319 g/mol. The number of carbonyl (C=O) groups excluding carboxylic acids is 1. The fraction of sp³-hybridized carbons (Fsp3) is 0.158. The number of aromatic nitrogens is 2. The highest BCUT2D eigenvalue weighted by Gasteiger charge is 2.22. The molecule has 5 heteroatoms. The van der Waals surface area contributed by atoms with Gasteiger partial charge in [0, 0.05) is 16.8 Å². The first-order valence-electron chi connectivity index (χ1n) is 7.85. The number of nitrogens with zero attached hydrogens (tertiary/aromatic N) is 2. The lowest BCUT2D eigenvalue weighted by Gasteiger charge is -2.19. The van der Waals surface area contributed by atoms with Crippen molar-refractivity contribution in [3.8, 4) is 17.0 Å². The van der Waals surface area contributed by atoms with Crippen LogP contribution in [0.2, 0.25) is 0 Å². The van der Waals surface area contributed by atoms with Gasteiger partial charge in [0.1, 0.15) is 18.9 Å². The SMILES string of the molecule is Cc1ccccc1NC(=O)Cn1ncc2c1-c1ccccc1OC2. The van der Waals surface area contributed by atoms with E-state index in [1.165, 1.54) is 0 Å². The van der Waals surface area contributed by atoms with E-state index in [1.807, 2.05) is 55.5 Å². The number of hydrogen-bond acceptors (Lipinski definition) is 3. The zero-order chi connectivity index (χ0) is 16.5. The first-order valence-corrected chi connectivity index (χ1v) is 7.85. The van der Waals surface area contributed by atoms with Crippen molar-refractivity contribution in [2.45, 2.75) is 20.1 Å². The molecule has 5 nitrogen and oxygen atoms in total. The van der Waals surface area contributed by atoms with Crippen LogP contribution in [0, 0.1) is 6.92 Å². The van der Waals surface area contributed by atoms with Crippen LogP contribution in [-0.4, -0.2) is 15.7 Å². The molecule has 1 aliphatic heterocycles. The average Bonchev–Trinajstić information content (AvgIpc) is 3.00. The quantitative estimate of drug-likeness (QED) is 0.805. The Hall–Kier alpha value is -3.08. The zero-order valence-electron chi connectivity index (χ0n) is 13.3. The molecule has 2 aromatic carbocycles. The predicted octanol–water partition coefficient (Wildman–Crippen LogP) is 3.39. The molecule has 1 N–H and O–H groups in total. The summed E-state index contributed by atoms with van der Waals surface area (Å²) >= 11 is 0. The molecule has 0 saturated carbocycles. The minimum atomic E-state index is -0.0980. The maximum atomic E-state index is 12.4. The van der Waals surface area contributed by atoms with Crippen molar-refractivity contribution in [3.63, 3.8) is 0 Å². The standard InChI is InChI=1S/C19H17N3O2/c1-13-6-2-4-8-16(13)21-18(23)11-22-19-14(10-20-22)12-24-17-9-5-3-7-15(17)19/h2-10H,11-12H2,1H3,(H,21,23). The Balaban J connectivity index is 1.60. The number of hydrogen-bond donors (Lipinski definition) is 1. The summed E-state index contributed by atoms with van der Waals surface area (Å²) in [5, 5.41) is 7.32. The second-order valence-electron chi connectivity index (χ2n) is 5.82. The monoisotopic (exact) mass is 319 g/mol. The lowest BCUT2D eigenvalue weighted by atomic mass is 10.0. The Bertz CT molecular complexity index is 914. The summed E-state index contributed by atoms with van der Waals surface area (Å²) in [4.78, 5) is 12.4. The van der Waals surface area contributed by atoms with Crippen molar-refractivity contribution in [1.82, 2.24) is 9.78 Å². The van der Waals surface area contributed by atoms with Gasteiger partial charge in [-0.05, 0) is 30.7 Å². The van der Waals surface area contributed by atoms with Gasteiger partial charge in [0.15, 0.2) is 0 Å². The van der Waals surface area contributed by atoms with E-state index in [2.05, 4.69) is 10.4 Å². The first-order chi connectivity index (χ1) is 11.7. The normalized spacial score (nSPS) is 12.0. The van der Waals surface area contributed by atoms with Crippen molar-refractivity contribution in [1.29, 1.82) is 0 Å². The summed E-state index contributed by atoms with van der Waals surface area (Å²) < 4.78 is 7.47. The molecule has 0 aliphatic carbocycles. The fourth-order valence-corrected chi connectivity index (χ4v) is 2.94. The smallest absolute Gasteiger partial charge is 0.246 e. The molecular formula is C19H17N3O2. The number of carbonyl (C=O) groups is 1. The highest BCUT2D eigenvalue weighted by atomic mass is 16.5. The van der Waals surface area contributed by atoms with E-state index in [9.17, 15) is 4.79 Å². The Kier molecular flexibility index (Phi) is 3.54. The Morgan fingerprint density at radius 1 is 1.21 bits per heavy atom. The number of anilines is 1. The summed E-state index contributed by atoms with van der Waals surface area (Å²) in [6.45, 7) is 2.61. The number of amides is 1. The van der Waals surface area contributed by atoms with Crippen LogP contribution in [0.3, 0.4) is 0 Å². The maximum Gasteiger partial charge on any atom is 0.246 e. The van der Waals surface area contributed by atoms with E-state index in [0.717, 1.165) is 33.8 Å². The number of benzene rings is 2. The Labute approximate surface area is 139 Å². The van der Waals surface area contributed by atoms with Crippen molar-refractivity contribution in [3.05, 3.63) is 65.9 Å². The number of nitrogens with one attached hydrogen (secondary N) is 1. The number of ether oxygens (including phenoxy) is 1. The van der Waals surface area contributed by atoms with E-state index in [-0.39, 0.29) is 12.5 Å². The second-order valence-corrected chi connectivity index (χ2v) is 5.82. The van der Waals surface area contributed by atoms with Crippen LogP contribution in [0.5, 0.6) is 5.75 Å². The molecule has 0 fully saturated rings. The molecule has 1 aromatic heterocycles. The van der Waals surface area contributed by atoms with Gasteiger partial charge in [0.25, 0.3) is 0 Å². The number of fused-ring (bicyclic) bond motifs is 3. The second kappa shape index (κ2) is 5.85. The summed E-state index contributed by atoms with van der Waals surface area (Å²) in [5.74, 6) is 0.727. The summed E-state index contributed by atoms with van der Waals surface area (Å²) in [5.41, 5.74) is 4.79. The molecule has 3 aromatic rings. The Morgan fingerprint density at radius 2 is 2.00 bits per heavy atom. The molecule has 120 valence electrons. The minimum Gasteiger partial charge on any atom is -0.488 e. The van der Waals surface area contributed by atoms with E-state index >= 15 is 0 Å². The van der Waals surface area contributed by atoms with E-state index in [0.29, 0.717) is 6.61 Å². The van der Waals surface area contributed by atoms with Gasteiger partial charge in [-0.3, -0.25) is 9.48 Å². The van der Waals surface area contributed by atoms with Gasteiger partial charge in [-0.15, -0.1) is 0 Å². The van der Waals surface area contributed by atoms with Gasteiger partial charge in [0.05, 0.1) is 11.9 Å². The van der Waals surface area contributed by atoms with Crippen LogP contribution < -0.4 is 10.1 Å². The van der Waals surface area contributed by atoms with Crippen molar-refractivity contribution in [2.24, 2.45) is 0 Å². The molecule has 1 aliphatic rings. The summed E-state index contributed by atoms with van der Waals surface area (Å²) in [7, 11) is 0. The minimum absolute atomic E-state index is 0.0980. The molecule has 0 unspecified atom stereocenters. The highest BCUT2D eigenvalue weighted by Crippen LogP contribution is 2.36. The number of para-hydroxylation sites is 2. The molecule has 4 rings (SSSR count). The van der Waals surface area contributed by atoms with Gasteiger partial charge >= 0.3 is 0 Å². The molecular weight excluding hydrogens is 302 g/mol.